The Bertz CT molecular complexity index is 2330. The number of piperidine rings is 1. The first-order valence-corrected chi connectivity index (χ1v) is 19.1. The molecule has 0 radical (unpaired) electrons. The van der Waals surface area contributed by atoms with Crippen molar-refractivity contribution in [2.24, 2.45) is 0 Å². The molecule has 0 unspecified atom stereocenters. The van der Waals surface area contributed by atoms with E-state index in [0.717, 1.165) is 31.6 Å². The van der Waals surface area contributed by atoms with E-state index in [9.17, 15) is 46.6 Å². The zero-order valence-corrected chi connectivity index (χ0v) is 33.0. The first-order chi connectivity index (χ1) is 29.8. The van der Waals surface area contributed by atoms with Crippen LogP contribution in [0.3, 0.4) is 0 Å². The largest absolute Gasteiger partial charge is 0.573 e. The van der Waals surface area contributed by atoms with Gasteiger partial charge in [-0.3, -0.25) is 9.13 Å². The van der Waals surface area contributed by atoms with Crippen molar-refractivity contribution >= 4 is 17.3 Å². The van der Waals surface area contributed by atoms with Crippen LogP contribution in [0.1, 0.15) is 25.3 Å². The Hall–Kier alpha value is -6.98. The van der Waals surface area contributed by atoms with E-state index in [4.69, 9.17) is 23.7 Å². The van der Waals surface area contributed by atoms with Gasteiger partial charge < -0.3 is 58.3 Å². The highest BCUT2D eigenvalue weighted by molar-refractivity contribution is 5.49. The highest BCUT2D eigenvalue weighted by Gasteiger charge is 2.41. The number of aromatic nitrogens is 4. The molecule has 0 spiro atoms. The monoisotopic (exact) mass is 893 g/mol. The lowest BCUT2D eigenvalue weighted by atomic mass is 10.1. The van der Waals surface area contributed by atoms with Gasteiger partial charge in [0.2, 0.25) is 0 Å². The van der Waals surface area contributed by atoms with Crippen LogP contribution in [0.25, 0.3) is 0 Å². The van der Waals surface area contributed by atoms with E-state index in [2.05, 4.69) is 24.3 Å². The van der Waals surface area contributed by atoms with Crippen LogP contribution in [0.2, 0.25) is 0 Å². The standard InChI is InChI=1S/C25H25F3N4O6.C14H12F3N3O5/c1-24(15-31-14-22(32(33)34)29-23(31)38-24)16-35-18-4-2-17(3-5-18)30-12-10-20(11-13-30)36-19-6-8-21(9-7-19)37-25(26,27)28;15-14(16,17)25-10-3-1-9(2-4-10)7-23-11-5-19-6-12(20(21)22)18-13(19)24-8-11/h2-9,14,20H,10-13,15-16H2,1H3;1-4,6,11H,5,7-8H2/t24-;11-/m10/s1. The van der Waals surface area contributed by atoms with Crippen molar-refractivity contribution < 1.29 is 69.3 Å². The highest BCUT2D eigenvalue weighted by atomic mass is 19.4. The number of nitro groups is 2. The van der Waals surface area contributed by atoms with Crippen LogP contribution in [0.5, 0.6) is 35.0 Å². The quantitative estimate of drug-likeness (QED) is 0.0637. The summed E-state index contributed by atoms with van der Waals surface area (Å²) < 4.78 is 113. The molecule has 18 nitrogen and oxygen atoms in total. The number of anilines is 1. The number of alkyl halides is 6. The first kappa shape index (κ1) is 44.1. The van der Waals surface area contributed by atoms with E-state index in [1.54, 1.807) is 4.57 Å². The summed E-state index contributed by atoms with van der Waals surface area (Å²) >= 11 is 0. The number of imidazole rings is 2. The fourth-order valence-electron chi connectivity index (χ4n) is 6.75. The minimum absolute atomic E-state index is 0.0356. The molecule has 0 aliphatic carbocycles. The summed E-state index contributed by atoms with van der Waals surface area (Å²) in [4.78, 5) is 30.2. The second kappa shape index (κ2) is 18.2. The fourth-order valence-corrected chi connectivity index (χ4v) is 6.75. The molecule has 0 amide bonds. The second-order valence-corrected chi connectivity index (χ2v) is 14.7. The number of hydrogen-bond acceptors (Lipinski definition) is 14. The molecule has 2 atom stereocenters. The molecule has 3 aromatic carbocycles. The maximum atomic E-state index is 12.3. The smallest absolute Gasteiger partial charge is 0.490 e. The minimum Gasteiger partial charge on any atom is -0.490 e. The molecule has 1 fully saturated rings. The molecule has 0 bridgehead atoms. The van der Waals surface area contributed by atoms with E-state index in [1.807, 2.05) is 31.2 Å². The first-order valence-electron chi connectivity index (χ1n) is 19.1. The molecule has 1 saturated heterocycles. The molecule has 5 aromatic rings. The van der Waals surface area contributed by atoms with Crippen molar-refractivity contribution in [3.05, 3.63) is 111 Å². The van der Waals surface area contributed by atoms with Gasteiger partial charge in [-0.15, -0.1) is 26.3 Å². The average molecular weight is 894 g/mol. The Balaban J connectivity index is 0.000000206. The molecule has 24 heteroatoms. The fraction of sp³-hybridized carbons (Fsp3) is 0.385. The SMILES string of the molecule is C[C@]1(COc2ccc(N3CCC(Oc4ccc(OC(F)(F)F)cc4)CC3)cc2)Cn2cc([N+](=O)[O-])nc2O1.O=[N+]([O-])c1cn2c(n1)OC[C@@H](OCc1ccc(OC(F)(F)F)cc1)C2. The molecule has 5 heterocycles. The van der Waals surface area contributed by atoms with Crippen LogP contribution >= 0.6 is 0 Å². The van der Waals surface area contributed by atoms with Crippen molar-refractivity contribution in [1.82, 2.24) is 19.1 Å². The predicted octanol–water partition coefficient (Wildman–Crippen LogP) is 7.64. The Morgan fingerprint density at radius 3 is 1.86 bits per heavy atom. The molecule has 0 saturated carbocycles. The molecule has 8 rings (SSSR count). The van der Waals surface area contributed by atoms with Crippen molar-refractivity contribution in [3.63, 3.8) is 0 Å². The van der Waals surface area contributed by atoms with Gasteiger partial charge in [0, 0.05) is 41.6 Å². The van der Waals surface area contributed by atoms with Gasteiger partial charge in [-0.25, -0.2) is 0 Å². The summed E-state index contributed by atoms with van der Waals surface area (Å²) in [7, 11) is 0. The minimum atomic E-state index is -4.73. The summed E-state index contributed by atoms with van der Waals surface area (Å²) in [5.41, 5.74) is 1.00. The summed E-state index contributed by atoms with van der Waals surface area (Å²) in [5.74, 6) is 0.0212. The van der Waals surface area contributed by atoms with E-state index in [-0.39, 0.29) is 67.2 Å². The Kier molecular flexibility index (Phi) is 12.7. The number of benzene rings is 3. The maximum absolute atomic E-state index is 12.3. The van der Waals surface area contributed by atoms with Crippen LogP contribution in [-0.2, 0) is 24.4 Å². The van der Waals surface area contributed by atoms with E-state index < -0.39 is 28.2 Å². The molecule has 3 aliphatic heterocycles. The molecule has 63 heavy (non-hydrogen) atoms. The third-order valence-corrected chi connectivity index (χ3v) is 9.66. The second-order valence-electron chi connectivity index (χ2n) is 14.7. The lowest BCUT2D eigenvalue weighted by Crippen LogP contribution is -2.38. The normalized spacial score (nSPS) is 18.5. The van der Waals surface area contributed by atoms with Crippen LogP contribution in [0.4, 0.5) is 43.7 Å². The zero-order chi connectivity index (χ0) is 44.9. The summed E-state index contributed by atoms with van der Waals surface area (Å²) in [6.07, 6.45) is -5.72. The van der Waals surface area contributed by atoms with Crippen LogP contribution in [-0.4, -0.2) is 85.8 Å². The molecular formula is C39H37F6N7O11. The maximum Gasteiger partial charge on any atom is 0.573 e. The lowest BCUT2D eigenvalue weighted by Gasteiger charge is -2.33. The van der Waals surface area contributed by atoms with Gasteiger partial charge in [0.05, 0.1) is 19.7 Å². The molecule has 0 N–H and O–H groups in total. The van der Waals surface area contributed by atoms with Gasteiger partial charge in [0.25, 0.3) is 0 Å². The molecular weight excluding hydrogens is 856 g/mol. The summed E-state index contributed by atoms with van der Waals surface area (Å²) in [5, 5.41) is 21.6. The van der Waals surface area contributed by atoms with Crippen molar-refractivity contribution in [3.8, 4) is 35.0 Å². The Morgan fingerprint density at radius 1 is 0.746 bits per heavy atom. The van der Waals surface area contributed by atoms with Gasteiger partial charge in [-0.2, -0.15) is 0 Å². The van der Waals surface area contributed by atoms with Crippen LogP contribution in [0, 0.1) is 20.2 Å². The molecule has 336 valence electrons. The molecule has 2 aromatic heterocycles. The van der Waals surface area contributed by atoms with Gasteiger partial charge in [-0.05, 0) is 83.0 Å². The zero-order valence-electron chi connectivity index (χ0n) is 33.0. The number of ether oxygens (including phenoxy) is 7. The van der Waals surface area contributed by atoms with Crippen molar-refractivity contribution in [2.45, 2.75) is 70.0 Å². The topological polar surface area (TPSA) is 190 Å². The number of fused-ring (bicyclic) bond motifs is 2. The van der Waals surface area contributed by atoms with Crippen molar-refractivity contribution in [2.75, 3.05) is 31.2 Å². The van der Waals surface area contributed by atoms with Gasteiger partial charge in [-0.1, -0.05) is 12.1 Å². The van der Waals surface area contributed by atoms with Crippen LogP contribution in [0.15, 0.2) is 85.2 Å². The van der Waals surface area contributed by atoms with E-state index in [1.165, 1.54) is 65.5 Å². The Morgan fingerprint density at radius 2 is 1.29 bits per heavy atom. The molecule has 3 aliphatic rings. The third-order valence-electron chi connectivity index (χ3n) is 9.66. The van der Waals surface area contributed by atoms with Crippen molar-refractivity contribution in [1.29, 1.82) is 0 Å². The summed E-state index contributed by atoms with van der Waals surface area (Å²) in [6.45, 7) is 4.67. The third kappa shape index (κ3) is 12.1. The number of halogens is 6. The van der Waals surface area contributed by atoms with E-state index in [0.29, 0.717) is 30.2 Å². The van der Waals surface area contributed by atoms with Gasteiger partial charge >= 0.3 is 36.4 Å². The number of rotatable bonds is 13. The van der Waals surface area contributed by atoms with Crippen LogP contribution < -0.4 is 33.3 Å². The Labute approximate surface area is 352 Å². The predicted molar refractivity (Wildman–Crippen MR) is 205 cm³/mol. The number of nitrogens with zero attached hydrogens (tertiary/aromatic N) is 7. The van der Waals surface area contributed by atoms with Gasteiger partial charge in [0.1, 0.15) is 60.8 Å². The average Bonchev–Trinajstić information content (AvgIpc) is 3.92. The highest BCUT2D eigenvalue weighted by Crippen LogP contribution is 2.33. The van der Waals surface area contributed by atoms with E-state index >= 15 is 0 Å². The lowest BCUT2D eigenvalue weighted by molar-refractivity contribution is -0.389. The summed E-state index contributed by atoms with van der Waals surface area (Å²) in [6, 6.07) is 18.8. The van der Waals surface area contributed by atoms with Gasteiger partial charge in [0.15, 0.2) is 5.60 Å². The number of hydrogen-bond donors (Lipinski definition) is 0.